The van der Waals surface area contributed by atoms with Gasteiger partial charge in [0.1, 0.15) is 6.29 Å². The van der Waals surface area contributed by atoms with E-state index in [-0.39, 0.29) is 0 Å². The van der Waals surface area contributed by atoms with E-state index in [1.165, 1.54) is 0 Å². The molecular formula is C17H13NO. The summed E-state index contributed by atoms with van der Waals surface area (Å²) < 4.78 is 0. The largest absolute Gasteiger partial charge is 0.303 e. The Morgan fingerprint density at radius 1 is 0.947 bits per heavy atom. The summed E-state index contributed by atoms with van der Waals surface area (Å²) in [6.07, 6.45) is 1.38. The molecule has 92 valence electrons. The smallest absolute Gasteiger partial charge is 0.124 e. The van der Waals surface area contributed by atoms with Gasteiger partial charge in [0.25, 0.3) is 0 Å². The number of hydrogen-bond acceptors (Lipinski definition) is 2. The summed E-state index contributed by atoms with van der Waals surface area (Å²) in [5.74, 6) is 0. The molecular weight excluding hydrogens is 234 g/mol. The number of hydrogen-bond donors (Lipinski definition) is 0. The van der Waals surface area contributed by atoms with Crippen molar-refractivity contribution in [2.45, 2.75) is 6.42 Å². The minimum Gasteiger partial charge on any atom is -0.303 e. The zero-order chi connectivity index (χ0) is 13.1. The van der Waals surface area contributed by atoms with Crippen molar-refractivity contribution in [1.29, 1.82) is 0 Å². The zero-order valence-corrected chi connectivity index (χ0v) is 10.4. The highest BCUT2D eigenvalue weighted by Gasteiger charge is 2.02. The molecule has 0 aliphatic carbocycles. The first-order valence-corrected chi connectivity index (χ1v) is 6.25. The van der Waals surface area contributed by atoms with Crippen LogP contribution in [0.1, 0.15) is 5.56 Å². The summed E-state index contributed by atoms with van der Waals surface area (Å²) in [5, 5.41) is 1.07. The molecule has 1 aromatic heterocycles. The number of benzene rings is 2. The highest BCUT2D eigenvalue weighted by molar-refractivity contribution is 5.82. The second kappa shape index (κ2) is 5.02. The molecule has 1 heterocycles. The minimum atomic E-state index is 0.455. The lowest BCUT2D eigenvalue weighted by Gasteiger charge is -2.04. The lowest BCUT2D eigenvalue weighted by molar-refractivity contribution is -0.107. The molecule has 0 amide bonds. The van der Waals surface area contributed by atoms with E-state index in [0.717, 1.165) is 34.0 Å². The third-order valence-corrected chi connectivity index (χ3v) is 3.14. The van der Waals surface area contributed by atoms with Gasteiger partial charge in [-0.1, -0.05) is 42.5 Å². The SMILES string of the molecule is O=CCc1ccc2nc(-c3ccccc3)ccc2c1. The van der Waals surface area contributed by atoms with Crippen molar-refractivity contribution in [1.82, 2.24) is 4.98 Å². The van der Waals surface area contributed by atoms with Crippen molar-refractivity contribution in [2.24, 2.45) is 0 Å². The van der Waals surface area contributed by atoms with Gasteiger partial charge in [0, 0.05) is 17.4 Å². The van der Waals surface area contributed by atoms with Crippen LogP contribution in [-0.2, 0) is 11.2 Å². The predicted molar refractivity (Wildman–Crippen MR) is 76.9 cm³/mol. The normalized spacial score (nSPS) is 10.5. The summed E-state index contributed by atoms with van der Waals surface area (Å²) in [6.45, 7) is 0. The summed E-state index contributed by atoms with van der Waals surface area (Å²) in [5.41, 5.74) is 4.06. The van der Waals surface area contributed by atoms with Crippen LogP contribution in [0.2, 0.25) is 0 Å². The van der Waals surface area contributed by atoms with E-state index in [1.807, 2.05) is 42.5 Å². The van der Waals surface area contributed by atoms with Crippen molar-refractivity contribution in [3.8, 4) is 11.3 Å². The second-order valence-electron chi connectivity index (χ2n) is 4.46. The number of aldehydes is 1. The topological polar surface area (TPSA) is 30.0 Å². The monoisotopic (exact) mass is 247 g/mol. The van der Waals surface area contributed by atoms with Crippen molar-refractivity contribution in [3.05, 3.63) is 66.2 Å². The van der Waals surface area contributed by atoms with Gasteiger partial charge in [0.15, 0.2) is 0 Å². The molecule has 3 aromatic rings. The molecule has 0 saturated heterocycles. The Morgan fingerprint density at radius 3 is 2.58 bits per heavy atom. The van der Waals surface area contributed by atoms with Crippen LogP contribution in [-0.4, -0.2) is 11.3 Å². The van der Waals surface area contributed by atoms with E-state index in [1.54, 1.807) is 0 Å². The first kappa shape index (κ1) is 11.6. The third-order valence-electron chi connectivity index (χ3n) is 3.14. The van der Waals surface area contributed by atoms with E-state index >= 15 is 0 Å². The molecule has 0 aliphatic rings. The van der Waals surface area contributed by atoms with Gasteiger partial charge in [0.05, 0.1) is 11.2 Å². The molecule has 3 rings (SSSR count). The van der Waals surface area contributed by atoms with E-state index < -0.39 is 0 Å². The number of nitrogens with zero attached hydrogens (tertiary/aromatic N) is 1. The number of pyridine rings is 1. The lowest BCUT2D eigenvalue weighted by Crippen LogP contribution is -1.88. The van der Waals surface area contributed by atoms with Gasteiger partial charge in [-0.05, 0) is 23.8 Å². The van der Waals surface area contributed by atoms with Gasteiger partial charge in [-0.15, -0.1) is 0 Å². The van der Waals surface area contributed by atoms with Crippen molar-refractivity contribution < 1.29 is 4.79 Å². The van der Waals surface area contributed by atoms with Crippen molar-refractivity contribution >= 4 is 17.2 Å². The maximum absolute atomic E-state index is 10.5. The molecule has 0 radical (unpaired) electrons. The third kappa shape index (κ3) is 2.38. The molecule has 19 heavy (non-hydrogen) atoms. The zero-order valence-electron chi connectivity index (χ0n) is 10.4. The molecule has 0 N–H and O–H groups in total. The first-order valence-electron chi connectivity index (χ1n) is 6.25. The van der Waals surface area contributed by atoms with Crippen LogP contribution in [0.25, 0.3) is 22.2 Å². The average molecular weight is 247 g/mol. The summed E-state index contributed by atoms with van der Waals surface area (Å²) in [6, 6.07) is 20.1. The highest BCUT2D eigenvalue weighted by Crippen LogP contribution is 2.21. The standard InChI is InChI=1S/C17H13NO/c19-11-10-13-6-8-17-15(12-13)7-9-16(18-17)14-4-2-1-3-5-14/h1-9,11-12H,10H2. The maximum atomic E-state index is 10.5. The number of carbonyl (C=O) groups excluding carboxylic acids is 1. The van der Waals surface area contributed by atoms with E-state index in [0.29, 0.717) is 6.42 Å². The summed E-state index contributed by atoms with van der Waals surface area (Å²) >= 11 is 0. The van der Waals surface area contributed by atoms with Crippen LogP contribution in [0.5, 0.6) is 0 Å². The number of rotatable bonds is 3. The first-order chi connectivity index (χ1) is 9.36. The molecule has 2 nitrogen and oxygen atoms in total. The highest BCUT2D eigenvalue weighted by atomic mass is 16.1. The van der Waals surface area contributed by atoms with Gasteiger partial charge in [-0.3, -0.25) is 0 Å². The van der Waals surface area contributed by atoms with E-state index in [2.05, 4.69) is 23.2 Å². The lowest BCUT2D eigenvalue weighted by atomic mass is 10.1. The predicted octanol–water partition coefficient (Wildman–Crippen LogP) is 3.64. The second-order valence-corrected chi connectivity index (χ2v) is 4.46. The van der Waals surface area contributed by atoms with Gasteiger partial charge in [-0.25, -0.2) is 4.98 Å². The molecule has 2 aromatic carbocycles. The van der Waals surface area contributed by atoms with Crippen LogP contribution in [0.3, 0.4) is 0 Å². The Labute approximate surface area is 111 Å². The molecule has 0 fully saturated rings. The number of carbonyl (C=O) groups is 1. The Bertz CT molecular complexity index is 720. The van der Waals surface area contributed by atoms with Crippen molar-refractivity contribution in [2.75, 3.05) is 0 Å². The molecule has 0 bridgehead atoms. The quantitative estimate of drug-likeness (QED) is 0.661. The number of fused-ring (bicyclic) bond motifs is 1. The summed E-state index contributed by atoms with van der Waals surface area (Å²) in [7, 11) is 0. The molecule has 0 aliphatic heterocycles. The van der Waals surface area contributed by atoms with Gasteiger partial charge in [0.2, 0.25) is 0 Å². The van der Waals surface area contributed by atoms with Crippen LogP contribution >= 0.6 is 0 Å². The van der Waals surface area contributed by atoms with Crippen molar-refractivity contribution in [3.63, 3.8) is 0 Å². The molecule has 0 unspecified atom stereocenters. The van der Waals surface area contributed by atoms with Crippen LogP contribution in [0.15, 0.2) is 60.7 Å². The van der Waals surface area contributed by atoms with E-state index in [9.17, 15) is 4.79 Å². The molecule has 0 atom stereocenters. The van der Waals surface area contributed by atoms with Crippen LogP contribution in [0, 0.1) is 0 Å². The fourth-order valence-corrected chi connectivity index (χ4v) is 2.17. The van der Waals surface area contributed by atoms with Crippen LogP contribution < -0.4 is 0 Å². The van der Waals surface area contributed by atoms with E-state index in [4.69, 9.17) is 0 Å². The summed E-state index contributed by atoms with van der Waals surface area (Å²) in [4.78, 5) is 15.2. The van der Waals surface area contributed by atoms with Gasteiger partial charge >= 0.3 is 0 Å². The molecule has 2 heteroatoms. The molecule has 0 spiro atoms. The van der Waals surface area contributed by atoms with Crippen LogP contribution in [0.4, 0.5) is 0 Å². The Morgan fingerprint density at radius 2 is 1.79 bits per heavy atom. The minimum absolute atomic E-state index is 0.455. The van der Waals surface area contributed by atoms with Gasteiger partial charge in [-0.2, -0.15) is 0 Å². The number of aromatic nitrogens is 1. The Balaban J connectivity index is 2.07. The molecule has 0 saturated carbocycles. The maximum Gasteiger partial charge on any atom is 0.124 e. The van der Waals surface area contributed by atoms with Gasteiger partial charge < -0.3 is 4.79 Å². The fraction of sp³-hybridized carbons (Fsp3) is 0.0588. The average Bonchev–Trinajstić information content (AvgIpc) is 2.48. The fourth-order valence-electron chi connectivity index (χ4n) is 2.17. The Hall–Kier alpha value is -2.48. The Kier molecular flexibility index (Phi) is 3.07.